The summed E-state index contributed by atoms with van der Waals surface area (Å²) in [6, 6.07) is -1.74. The highest BCUT2D eigenvalue weighted by Crippen LogP contribution is 2.65. The minimum Gasteiger partial charge on any atom is -0.356 e. The van der Waals surface area contributed by atoms with Gasteiger partial charge in [0.25, 0.3) is 17.4 Å². The number of amides is 5. The highest BCUT2D eigenvalue weighted by Gasteiger charge is 2.70. The lowest BCUT2D eigenvalue weighted by atomic mass is 9.80. The normalized spacial score (nSPS) is 29.1. The summed E-state index contributed by atoms with van der Waals surface area (Å²) in [5.74, 6) is -3.41. The van der Waals surface area contributed by atoms with E-state index in [1.165, 1.54) is 4.90 Å². The van der Waals surface area contributed by atoms with Gasteiger partial charge in [-0.15, -0.1) is 0 Å². The second kappa shape index (κ2) is 10.3. The summed E-state index contributed by atoms with van der Waals surface area (Å²) in [7, 11) is 0. The van der Waals surface area contributed by atoms with Crippen molar-refractivity contribution in [3.63, 3.8) is 0 Å². The molecule has 10 nitrogen and oxygen atoms in total. The van der Waals surface area contributed by atoms with Crippen molar-refractivity contribution in [2.24, 2.45) is 34.5 Å². The highest BCUT2D eigenvalue weighted by atomic mass is 35.5. The van der Waals surface area contributed by atoms with Crippen LogP contribution in [0.1, 0.15) is 60.3 Å². The Morgan fingerprint density at radius 3 is 2.39 bits per heavy atom. The molecule has 0 aromatic rings. The Bertz CT molecular complexity index is 1020. The summed E-state index contributed by atoms with van der Waals surface area (Å²) in [4.78, 5) is 66.5. The van der Waals surface area contributed by atoms with Crippen molar-refractivity contribution < 1.29 is 28.4 Å². The van der Waals surface area contributed by atoms with Crippen molar-refractivity contribution >= 4 is 41.1 Å². The van der Waals surface area contributed by atoms with Crippen molar-refractivity contribution in [1.29, 1.82) is 0 Å². The molecule has 4 rings (SSSR count). The molecule has 0 bridgehead atoms. The Kier molecular flexibility index (Phi) is 7.73. The first kappa shape index (κ1) is 28.6. The summed E-state index contributed by atoms with van der Waals surface area (Å²) < 4.78 is 13.8. The molecular formula is C26H39ClFN5O5. The number of hydrogen-bond acceptors (Lipinski definition) is 5. The van der Waals surface area contributed by atoms with Crippen LogP contribution in [0.4, 0.5) is 4.39 Å². The van der Waals surface area contributed by atoms with Gasteiger partial charge in [0.2, 0.25) is 17.7 Å². The monoisotopic (exact) mass is 555 g/mol. The molecule has 2 aliphatic carbocycles. The molecule has 0 aromatic heterocycles. The molecule has 4 aliphatic rings. The van der Waals surface area contributed by atoms with Gasteiger partial charge in [-0.3, -0.25) is 29.4 Å². The van der Waals surface area contributed by atoms with Gasteiger partial charge in [-0.05, 0) is 48.3 Å². The molecule has 0 spiro atoms. The van der Waals surface area contributed by atoms with Crippen LogP contribution in [0.25, 0.3) is 0 Å². The Balaban J connectivity index is 1.57. The van der Waals surface area contributed by atoms with Crippen LogP contribution in [-0.4, -0.2) is 76.8 Å². The number of carbonyl (C=O) groups excluding carboxylic acids is 5. The standard InChI is InChI=1S/C26H39ClFN5O5/c1-6-25(2,3)18(30-21(35)13-7-8-13)23(37)32-12-15-16(26(15,4)5)17(32)22(36)31-33(24(38)19(27)28)11-14-9-10-29-20(14)34/h13-19H,6-12H2,1-5H3,(H,29,34)(H,30,35)(H,31,36)/t14-,15-,16-,17-,18+,19+/m0/s1. The Hall–Kier alpha value is -2.43. The molecule has 2 saturated heterocycles. The topological polar surface area (TPSA) is 128 Å². The first-order valence-corrected chi connectivity index (χ1v) is 13.9. The molecule has 0 radical (unpaired) electrons. The fraction of sp³-hybridized carbons (Fsp3) is 0.808. The first-order valence-electron chi connectivity index (χ1n) is 13.5. The van der Waals surface area contributed by atoms with Crippen LogP contribution in [0.5, 0.6) is 0 Å². The summed E-state index contributed by atoms with van der Waals surface area (Å²) in [5, 5.41) is 6.37. The number of rotatable bonds is 9. The molecule has 2 saturated carbocycles. The number of alkyl halides is 2. The molecule has 38 heavy (non-hydrogen) atoms. The maximum absolute atomic E-state index is 14.0. The van der Waals surface area contributed by atoms with Crippen LogP contribution in [-0.2, 0) is 24.0 Å². The summed E-state index contributed by atoms with van der Waals surface area (Å²) in [6.07, 6.45) is 2.64. The number of nitrogens with one attached hydrogen (secondary N) is 3. The molecule has 3 N–H and O–H groups in total. The summed E-state index contributed by atoms with van der Waals surface area (Å²) in [5.41, 5.74) is -0.691. The molecule has 2 heterocycles. The Morgan fingerprint density at radius 2 is 1.87 bits per heavy atom. The van der Waals surface area contributed by atoms with Gasteiger partial charge in [-0.1, -0.05) is 46.2 Å². The predicted molar refractivity (Wildman–Crippen MR) is 137 cm³/mol. The number of hydrazine groups is 1. The molecule has 4 fully saturated rings. The number of piperidine rings is 1. The molecule has 0 aromatic carbocycles. The number of nitrogens with zero attached hydrogens (tertiary/aromatic N) is 2. The van der Waals surface area contributed by atoms with Crippen molar-refractivity contribution in [2.75, 3.05) is 19.6 Å². The van der Waals surface area contributed by atoms with Gasteiger partial charge in [0, 0.05) is 19.0 Å². The van der Waals surface area contributed by atoms with E-state index in [2.05, 4.69) is 16.1 Å². The smallest absolute Gasteiger partial charge is 0.291 e. The predicted octanol–water partition coefficient (Wildman–Crippen LogP) is 1.33. The van der Waals surface area contributed by atoms with Crippen molar-refractivity contribution in [3.8, 4) is 0 Å². The lowest BCUT2D eigenvalue weighted by molar-refractivity contribution is -0.151. The van der Waals surface area contributed by atoms with E-state index in [0.717, 1.165) is 17.9 Å². The van der Waals surface area contributed by atoms with Gasteiger partial charge < -0.3 is 15.5 Å². The van der Waals surface area contributed by atoms with E-state index in [-0.39, 0.29) is 47.4 Å². The summed E-state index contributed by atoms with van der Waals surface area (Å²) >= 11 is 5.42. The van der Waals surface area contributed by atoms with E-state index in [0.29, 0.717) is 25.9 Å². The fourth-order valence-electron chi connectivity index (χ4n) is 5.93. The van der Waals surface area contributed by atoms with Crippen LogP contribution in [0, 0.1) is 34.5 Å². The second-order valence-electron chi connectivity index (χ2n) is 12.4. The molecule has 12 heteroatoms. The van der Waals surface area contributed by atoms with Crippen LogP contribution >= 0.6 is 11.6 Å². The highest BCUT2D eigenvalue weighted by molar-refractivity contribution is 6.29. The number of carbonyl (C=O) groups is 5. The average Bonchev–Trinajstić information content (AvgIpc) is 3.67. The molecular weight excluding hydrogens is 517 g/mol. The van der Waals surface area contributed by atoms with E-state index in [4.69, 9.17) is 11.6 Å². The van der Waals surface area contributed by atoms with E-state index in [1.54, 1.807) is 0 Å². The lowest BCUT2D eigenvalue weighted by Gasteiger charge is -2.39. The average molecular weight is 556 g/mol. The van der Waals surface area contributed by atoms with Gasteiger partial charge in [0.1, 0.15) is 12.1 Å². The summed E-state index contributed by atoms with van der Waals surface area (Å²) in [6.45, 7) is 10.3. The maximum atomic E-state index is 14.0. The van der Waals surface area contributed by atoms with Gasteiger partial charge in [0.15, 0.2) is 0 Å². The Labute approximate surface area is 227 Å². The van der Waals surface area contributed by atoms with Crippen LogP contribution in [0.3, 0.4) is 0 Å². The number of likely N-dealkylation sites (tertiary alicyclic amines) is 1. The third kappa shape index (κ3) is 5.35. The third-order valence-corrected chi connectivity index (χ3v) is 9.38. The number of fused-ring (bicyclic) bond motifs is 1. The fourth-order valence-corrected chi connectivity index (χ4v) is 6.05. The minimum absolute atomic E-state index is 0.0680. The zero-order valence-corrected chi connectivity index (χ0v) is 23.4. The molecule has 2 aliphatic heterocycles. The zero-order valence-electron chi connectivity index (χ0n) is 22.7. The number of hydrogen-bond donors (Lipinski definition) is 3. The number of halogens is 2. The first-order chi connectivity index (χ1) is 17.7. The van der Waals surface area contributed by atoms with Gasteiger partial charge in [-0.25, -0.2) is 9.40 Å². The maximum Gasteiger partial charge on any atom is 0.291 e. The molecule has 0 unspecified atom stereocenters. The van der Waals surface area contributed by atoms with Crippen LogP contribution in [0.2, 0.25) is 0 Å². The molecule has 6 atom stereocenters. The molecule has 5 amide bonds. The minimum atomic E-state index is -2.40. The van der Waals surface area contributed by atoms with Crippen molar-refractivity contribution in [1.82, 2.24) is 26.0 Å². The molecule has 212 valence electrons. The van der Waals surface area contributed by atoms with E-state index in [9.17, 15) is 28.4 Å². The van der Waals surface area contributed by atoms with Crippen molar-refractivity contribution in [2.45, 2.75) is 78.0 Å². The van der Waals surface area contributed by atoms with Crippen LogP contribution in [0.15, 0.2) is 0 Å². The van der Waals surface area contributed by atoms with Crippen molar-refractivity contribution in [3.05, 3.63) is 0 Å². The second-order valence-corrected chi connectivity index (χ2v) is 12.8. The van der Waals surface area contributed by atoms with E-state index >= 15 is 0 Å². The zero-order chi connectivity index (χ0) is 28.2. The largest absolute Gasteiger partial charge is 0.356 e. The lowest BCUT2D eigenvalue weighted by Crippen LogP contribution is -2.62. The Morgan fingerprint density at radius 1 is 1.21 bits per heavy atom. The van der Waals surface area contributed by atoms with Gasteiger partial charge >= 0.3 is 0 Å². The van der Waals surface area contributed by atoms with Gasteiger partial charge in [-0.2, -0.15) is 0 Å². The SMILES string of the molecule is CCC(C)(C)[C@H](NC(=O)C1CC1)C(=O)N1C[C@H]2[C@@H]([C@H]1C(=O)NN(C[C@@H]1CCNC1=O)C(=O)[C@@H](F)Cl)C2(C)C. The third-order valence-electron chi connectivity index (χ3n) is 9.20. The van der Waals surface area contributed by atoms with E-state index in [1.807, 2.05) is 34.6 Å². The van der Waals surface area contributed by atoms with Gasteiger partial charge in [0.05, 0.1) is 12.5 Å². The quantitative estimate of drug-likeness (QED) is 0.292. The van der Waals surface area contributed by atoms with Crippen LogP contribution < -0.4 is 16.1 Å². The van der Waals surface area contributed by atoms with E-state index < -0.39 is 40.9 Å².